The van der Waals surface area contributed by atoms with Gasteiger partial charge in [0, 0.05) is 35.7 Å². The maximum atomic E-state index is 10.9. The second-order valence-corrected chi connectivity index (χ2v) is 7.00. The van der Waals surface area contributed by atoms with Crippen LogP contribution in [0.25, 0.3) is 0 Å². The minimum absolute atomic E-state index is 0.141. The Kier molecular flexibility index (Phi) is 4.57. The monoisotopic (exact) mass is 353 g/mol. The Balaban J connectivity index is 1.48. The number of hydrogen-bond acceptors (Lipinski definition) is 4. The molecule has 1 atom stereocenters. The van der Waals surface area contributed by atoms with E-state index < -0.39 is 0 Å². The summed E-state index contributed by atoms with van der Waals surface area (Å²) >= 11 is 3.33. The Bertz CT molecular complexity index is 534. The molecule has 1 saturated carbocycles. The van der Waals surface area contributed by atoms with Gasteiger partial charge in [-0.2, -0.15) is 0 Å². The van der Waals surface area contributed by atoms with E-state index in [0.717, 1.165) is 22.6 Å². The fraction of sp³-hybridized carbons (Fsp3) is 0.600. The maximum absolute atomic E-state index is 10.9. The number of nitro groups is 1. The molecular weight excluding hydrogens is 334 g/mol. The Morgan fingerprint density at radius 2 is 2.14 bits per heavy atom. The number of nitrogens with zero attached hydrogens (tertiary/aromatic N) is 2. The first-order chi connectivity index (χ1) is 10.1. The zero-order chi connectivity index (χ0) is 14.8. The van der Waals surface area contributed by atoms with Gasteiger partial charge in [0.05, 0.1) is 4.92 Å². The highest BCUT2D eigenvalue weighted by atomic mass is 79.9. The summed E-state index contributed by atoms with van der Waals surface area (Å²) in [6.45, 7) is 4.11. The number of rotatable bonds is 6. The van der Waals surface area contributed by atoms with Gasteiger partial charge in [-0.05, 0) is 49.9 Å². The van der Waals surface area contributed by atoms with Crippen molar-refractivity contribution >= 4 is 21.6 Å². The normalized spacial score (nSPS) is 22.6. The Morgan fingerprint density at radius 1 is 1.33 bits per heavy atom. The zero-order valence-corrected chi connectivity index (χ0v) is 13.5. The molecule has 1 aliphatic heterocycles. The van der Waals surface area contributed by atoms with Crippen LogP contribution in [-0.2, 0) is 6.54 Å². The van der Waals surface area contributed by atoms with E-state index in [-0.39, 0.29) is 10.6 Å². The lowest BCUT2D eigenvalue weighted by Crippen LogP contribution is -2.27. The lowest BCUT2D eigenvalue weighted by atomic mass is 10.1. The second kappa shape index (κ2) is 6.42. The van der Waals surface area contributed by atoms with E-state index in [4.69, 9.17) is 0 Å². The summed E-state index contributed by atoms with van der Waals surface area (Å²) in [6.07, 6.45) is 4.02. The van der Waals surface area contributed by atoms with Crippen LogP contribution >= 0.6 is 15.9 Å². The van der Waals surface area contributed by atoms with E-state index in [1.807, 2.05) is 6.07 Å². The summed E-state index contributed by atoms with van der Waals surface area (Å²) in [5.41, 5.74) is 1.09. The van der Waals surface area contributed by atoms with Crippen LogP contribution in [0.4, 0.5) is 5.69 Å². The van der Waals surface area contributed by atoms with Gasteiger partial charge in [0.25, 0.3) is 5.69 Å². The summed E-state index contributed by atoms with van der Waals surface area (Å²) in [5, 5.41) is 14.3. The molecule has 1 unspecified atom stereocenters. The molecule has 1 aromatic carbocycles. The maximum Gasteiger partial charge on any atom is 0.270 e. The third-order valence-corrected chi connectivity index (χ3v) is 4.75. The lowest BCUT2D eigenvalue weighted by Gasteiger charge is -2.15. The first-order valence-corrected chi connectivity index (χ1v) is 8.30. The van der Waals surface area contributed by atoms with Crippen molar-refractivity contribution in [1.82, 2.24) is 10.2 Å². The van der Waals surface area contributed by atoms with E-state index in [1.54, 1.807) is 6.07 Å². The number of benzene rings is 1. The third-order valence-electron chi connectivity index (χ3n) is 4.30. The number of nitro benzene ring substituents is 1. The van der Waals surface area contributed by atoms with E-state index >= 15 is 0 Å². The molecule has 0 aromatic heterocycles. The summed E-state index contributed by atoms with van der Waals surface area (Å²) in [4.78, 5) is 13.1. The molecule has 0 bridgehead atoms. The molecule has 1 heterocycles. The minimum Gasteiger partial charge on any atom is -0.312 e. The van der Waals surface area contributed by atoms with Gasteiger partial charge in [0.1, 0.15) is 0 Å². The van der Waals surface area contributed by atoms with Gasteiger partial charge in [-0.25, -0.2) is 0 Å². The molecule has 2 aliphatic rings. The number of halogens is 1. The molecule has 114 valence electrons. The Labute approximate surface area is 133 Å². The predicted octanol–water partition coefficient (Wildman–Crippen LogP) is 2.93. The molecule has 0 amide bonds. The fourth-order valence-corrected chi connectivity index (χ4v) is 3.59. The Hall–Kier alpha value is -0.980. The molecule has 21 heavy (non-hydrogen) atoms. The number of nitrogens with one attached hydrogen (secondary N) is 1. The van der Waals surface area contributed by atoms with Crippen LogP contribution in [0.3, 0.4) is 0 Å². The summed E-state index contributed by atoms with van der Waals surface area (Å²) < 4.78 is 0.759. The molecule has 1 aliphatic carbocycles. The van der Waals surface area contributed by atoms with E-state index in [9.17, 15) is 10.1 Å². The molecule has 6 heteroatoms. The summed E-state index contributed by atoms with van der Waals surface area (Å²) in [7, 11) is 0. The van der Waals surface area contributed by atoms with Gasteiger partial charge >= 0.3 is 0 Å². The summed E-state index contributed by atoms with van der Waals surface area (Å²) in [5.74, 6) is 0.715. The van der Waals surface area contributed by atoms with Crippen molar-refractivity contribution in [1.29, 1.82) is 0 Å². The van der Waals surface area contributed by atoms with Crippen molar-refractivity contribution in [2.75, 3.05) is 19.6 Å². The van der Waals surface area contributed by atoms with Crippen LogP contribution < -0.4 is 5.32 Å². The van der Waals surface area contributed by atoms with Crippen LogP contribution in [0.2, 0.25) is 0 Å². The molecule has 1 saturated heterocycles. The third kappa shape index (κ3) is 4.02. The topological polar surface area (TPSA) is 58.4 Å². The molecule has 5 nitrogen and oxygen atoms in total. The number of likely N-dealkylation sites (tertiary alicyclic amines) is 1. The van der Waals surface area contributed by atoms with Crippen molar-refractivity contribution in [3.05, 3.63) is 38.3 Å². The van der Waals surface area contributed by atoms with Gasteiger partial charge in [-0.1, -0.05) is 15.9 Å². The minimum atomic E-state index is -0.348. The Morgan fingerprint density at radius 3 is 2.86 bits per heavy atom. The molecular formula is C15H20BrN3O2. The smallest absolute Gasteiger partial charge is 0.270 e. The van der Waals surface area contributed by atoms with Crippen molar-refractivity contribution < 1.29 is 4.92 Å². The van der Waals surface area contributed by atoms with Crippen molar-refractivity contribution in [2.24, 2.45) is 5.92 Å². The molecule has 2 fully saturated rings. The van der Waals surface area contributed by atoms with Gasteiger partial charge in [-0.3, -0.25) is 10.1 Å². The van der Waals surface area contributed by atoms with Crippen LogP contribution in [0.1, 0.15) is 24.8 Å². The molecule has 1 N–H and O–H groups in total. The van der Waals surface area contributed by atoms with Crippen LogP contribution in [-0.4, -0.2) is 35.5 Å². The van der Waals surface area contributed by atoms with E-state index in [1.165, 1.54) is 38.4 Å². The van der Waals surface area contributed by atoms with Crippen LogP contribution in [0, 0.1) is 16.0 Å². The largest absolute Gasteiger partial charge is 0.312 e. The first kappa shape index (κ1) is 14.9. The quantitative estimate of drug-likeness (QED) is 0.630. The van der Waals surface area contributed by atoms with Crippen molar-refractivity contribution in [3.8, 4) is 0 Å². The molecule has 0 radical (unpaired) electrons. The van der Waals surface area contributed by atoms with Crippen molar-refractivity contribution in [2.45, 2.75) is 31.8 Å². The van der Waals surface area contributed by atoms with Gasteiger partial charge in [0.2, 0.25) is 0 Å². The van der Waals surface area contributed by atoms with Gasteiger partial charge in [0.15, 0.2) is 0 Å². The predicted molar refractivity (Wildman–Crippen MR) is 85.2 cm³/mol. The average molecular weight is 354 g/mol. The zero-order valence-electron chi connectivity index (χ0n) is 11.9. The average Bonchev–Trinajstić information content (AvgIpc) is 3.18. The van der Waals surface area contributed by atoms with Crippen LogP contribution in [0.15, 0.2) is 22.7 Å². The lowest BCUT2D eigenvalue weighted by molar-refractivity contribution is -0.385. The van der Waals surface area contributed by atoms with Crippen molar-refractivity contribution in [3.63, 3.8) is 0 Å². The highest BCUT2D eigenvalue weighted by Crippen LogP contribution is 2.31. The standard InChI is InChI=1S/C15H20BrN3O2/c16-13-5-12(6-15(7-13)19(20)21)9-17-8-11-3-4-18(10-11)14-1-2-14/h5-7,11,14,17H,1-4,8-10H2. The fourth-order valence-electron chi connectivity index (χ4n) is 3.06. The first-order valence-electron chi connectivity index (χ1n) is 7.50. The SMILES string of the molecule is O=[N+]([O-])c1cc(Br)cc(CNCC2CCN(C3CC3)C2)c1. The number of hydrogen-bond donors (Lipinski definition) is 1. The van der Waals surface area contributed by atoms with Crippen LogP contribution in [0.5, 0.6) is 0 Å². The highest BCUT2D eigenvalue weighted by molar-refractivity contribution is 9.10. The summed E-state index contributed by atoms with van der Waals surface area (Å²) in [6, 6.07) is 5.98. The van der Waals surface area contributed by atoms with Gasteiger partial charge < -0.3 is 10.2 Å². The number of non-ortho nitro benzene ring substituents is 1. The van der Waals surface area contributed by atoms with E-state index in [0.29, 0.717) is 12.5 Å². The molecule has 0 spiro atoms. The second-order valence-electron chi connectivity index (χ2n) is 6.09. The molecule has 1 aromatic rings. The molecule has 3 rings (SSSR count). The van der Waals surface area contributed by atoms with Gasteiger partial charge in [-0.15, -0.1) is 0 Å². The van der Waals surface area contributed by atoms with E-state index in [2.05, 4.69) is 26.1 Å². The highest BCUT2D eigenvalue weighted by Gasteiger charge is 2.33.